The van der Waals surface area contributed by atoms with Crippen molar-refractivity contribution < 1.29 is 0 Å². The summed E-state index contributed by atoms with van der Waals surface area (Å²) in [5.74, 6) is 0.416. The third kappa shape index (κ3) is 5.30. The lowest BCUT2D eigenvalue weighted by atomic mass is 9.99. The van der Waals surface area contributed by atoms with Crippen LogP contribution in [0.4, 0.5) is 0 Å². The van der Waals surface area contributed by atoms with E-state index in [1.165, 1.54) is 6.21 Å². The monoisotopic (exact) mass is 229 g/mol. The molecule has 0 fully saturated rings. The molecule has 0 radical (unpaired) electrons. The first-order chi connectivity index (χ1) is 7.96. The van der Waals surface area contributed by atoms with Gasteiger partial charge in [0.15, 0.2) is 0 Å². The molecule has 0 saturated carbocycles. The fourth-order valence-electron chi connectivity index (χ4n) is 1.35. The van der Waals surface area contributed by atoms with E-state index in [1.807, 2.05) is 26.0 Å². The molecule has 0 spiro atoms. The van der Waals surface area contributed by atoms with Crippen LogP contribution in [0.2, 0.25) is 0 Å². The van der Waals surface area contributed by atoms with E-state index >= 15 is 0 Å². The smallest absolute Gasteiger partial charge is 0.0253 e. The summed E-state index contributed by atoms with van der Waals surface area (Å²) in [5.41, 5.74) is 4.17. The van der Waals surface area contributed by atoms with Gasteiger partial charge < -0.3 is 5.41 Å². The summed E-state index contributed by atoms with van der Waals surface area (Å²) in [6.07, 6.45) is 9.12. The molecule has 0 amide bonds. The molecule has 0 aliphatic carbocycles. The molecule has 0 aromatic rings. The molecule has 0 aromatic carbocycles. The van der Waals surface area contributed by atoms with Crippen molar-refractivity contribution in [2.24, 2.45) is 5.92 Å². The first-order valence-electron chi connectivity index (χ1n) is 5.83. The highest BCUT2D eigenvalue weighted by Crippen LogP contribution is 2.16. The van der Waals surface area contributed by atoms with Gasteiger partial charge in [0.05, 0.1) is 0 Å². The van der Waals surface area contributed by atoms with E-state index in [-0.39, 0.29) is 0 Å². The van der Waals surface area contributed by atoms with Gasteiger partial charge in [-0.2, -0.15) is 0 Å². The Morgan fingerprint density at radius 2 is 1.59 bits per heavy atom. The van der Waals surface area contributed by atoms with Gasteiger partial charge in [0.2, 0.25) is 0 Å². The minimum absolute atomic E-state index is 0.416. The van der Waals surface area contributed by atoms with Crippen LogP contribution in [0.1, 0.15) is 27.7 Å². The predicted molar refractivity (Wildman–Crippen MR) is 78.6 cm³/mol. The minimum atomic E-state index is 0.416. The highest BCUT2D eigenvalue weighted by Gasteiger charge is 2.01. The van der Waals surface area contributed by atoms with Crippen molar-refractivity contribution in [2.45, 2.75) is 27.7 Å². The summed E-state index contributed by atoms with van der Waals surface area (Å²) in [7, 11) is 0. The number of hydrogen-bond acceptors (Lipinski definition) is 1. The van der Waals surface area contributed by atoms with Crippen molar-refractivity contribution in [1.82, 2.24) is 0 Å². The molecule has 0 aliphatic heterocycles. The standard InChI is InChI=1S/C16H23N/c1-7-13(5)14(6)10-15(8-2)16(11-17)9-12(3)4/h7-12,17H,1-2H2,3-6H3/b14-13+,15-10+,16-9+,17-11?. The van der Waals surface area contributed by atoms with Crippen LogP contribution in [-0.4, -0.2) is 6.21 Å². The zero-order valence-electron chi connectivity index (χ0n) is 11.4. The Hall–Kier alpha value is -1.63. The fourth-order valence-corrected chi connectivity index (χ4v) is 1.35. The maximum atomic E-state index is 7.47. The summed E-state index contributed by atoms with van der Waals surface area (Å²) in [5, 5.41) is 7.47. The average Bonchev–Trinajstić information content (AvgIpc) is 2.31. The molecule has 0 heterocycles. The van der Waals surface area contributed by atoms with Crippen LogP contribution in [-0.2, 0) is 0 Å². The number of nitrogens with one attached hydrogen (secondary N) is 1. The van der Waals surface area contributed by atoms with E-state index < -0.39 is 0 Å². The van der Waals surface area contributed by atoms with Crippen molar-refractivity contribution in [3.05, 3.63) is 59.8 Å². The van der Waals surface area contributed by atoms with Crippen LogP contribution >= 0.6 is 0 Å². The van der Waals surface area contributed by atoms with Crippen molar-refractivity contribution in [1.29, 1.82) is 5.41 Å². The van der Waals surface area contributed by atoms with E-state index in [1.54, 1.807) is 6.08 Å². The van der Waals surface area contributed by atoms with Crippen molar-refractivity contribution >= 4 is 6.21 Å². The molecule has 0 bridgehead atoms. The van der Waals surface area contributed by atoms with Crippen LogP contribution in [0.5, 0.6) is 0 Å². The molecule has 0 unspecified atom stereocenters. The van der Waals surface area contributed by atoms with E-state index in [2.05, 4.69) is 33.1 Å². The van der Waals surface area contributed by atoms with Gasteiger partial charge in [-0.1, -0.05) is 51.3 Å². The third-order valence-corrected chi connectivity index (χ3v) is 2.52. The summed E-state index contributed by atoms with van der Waals surface area (Å²) < 4.78 is 0. The third-order valence-electron chi connectivity index (χ3n) is 2.52. The number of rotatable bonds is 6. The Kier molecular flexibility index (Phi) is 6.88. The van der Waals surface area contributed by atoms with Crippen molar-refractivity contribution in [3.8, 4) is 0 Å². The zero-order valence-corrected chi connectivity index (χ0v) is 11.4. The molecule has 1 nitrogen and oxygen atoms in total. The van der Waals surface area contributed by atoms with Crippen LogP contribution in [0.25, 0.3) is 0 Å². The van der Waals surface area contributed by atoms with Gasteiger partial charge in [0.1, 0.15) is 0 Å². The summed E-state index contributed by atoms with van der Waals surface area (Å²) >= 11 is 0. The largest absolute Gasteiger partial charge is 0.308 e. The second kappa shape index (κ2) is 7.61. The van der Waals surface area contributed by atoms with E-state index in [9.17, 15) is 0 Å². The quantitative estimate of drug-likeness (QED) is 0.497. The minimum Gasteiger partial charge on any atom is -0.308 e. The van der Waals surface area contributed by atoms with E-state index in [0.29, 0.717) is 5.92 Å². The molecule has 0 saturated heterocycles. The highest BCUT2D eigenvalue weighted by molar-refractivity contribution is 5.84. The van der Waals surface area contributed by atoms with Gasteiger partial charge in [0.25, 0.3) is 0 Å². The second-order valence-corrected chi connectivity index (χ2v) is 4.38. The maximum absolute atomic E-state index is 7.47. The molecule has 17 heavy (non-hydrogen) atoms. The fraction of sp³-hybridized carbons (Fsp3) is 0.312. The van der Waals surface area contributed by atoms with E-state index in [0.717, 1.165) is 22.3 Å². The average molecular weight is 229 g/mol. The summed E-state index contributed by atoms with van der Waals surface area (Å²) in [4.78, 5) is 0. The number of allylic oxidation sites excluding steroid dienone is 8. The SMILES string of the molecule is C=CC(=C\C(C)=C(/C)C=C)/C(C=N)=C/C(C)C. The first kappa shape index (κ1) is 15.4. The molecule has 0 aromatic heterocycles. The summed E-state index contributed by atoms with van der Waals surface area (Å²) in [6.45, 7) is 15.8. The van der Waals surface area contributed by atoms with Gasteiger partial charge in [-0.3, -0.25) is 0 Å². The molecule has 0 rings (SSSR count). The van der Waals surface area contributed by atoms with Gasteiger partial charge >= 0.3 is 0 Å². The molecule has 92 valence electrons. The molecular formula is C16H23N. The Bertz CT molecular complexity index is 390. The molecule has 1 N–H and O–H groups in total. The molecular weight excluding hydrogens is 206 g/mol. The Balaban J connectivity index is 5.48. The lowest BCUT2D eigenvalue weighted by Gasteiger charge is -2.06. The van der Waals surface area contributed by atoms with Crippen LogP contribution in [0.3, 0.4) is 0 Å². The van der Waals surface area contributed by atoms with Crippen LogP contribution < -0.4 is 0 Å². The first-order valence-corrected chi connectivity index (χ1v) is 5.83. The van der Waals surface area contributed by atoms with Gasteiger partial charge in [-0.05, 0) is 42.1 Å². The Morgan fingerprint density at radius 3 is 1.94 bits per heavy atom. The lowest BCUT2D eigenvalue weighted by molar-refractivity contribution is 0.828. The van der Waals surface area contributed by atoms with Gasteiger partial charge in [-0.15, -0.1) is 0 Å². The topological polar surface area (TPSA) is 23.9 Å². The molecule has 1 heteroatoms. The zero-order chi connectivity index (χ0) is 13.4. The van der Waals surface area contributed by atoms with Crippen molar-refractivity contribution in [2.75, 3.05) is 0 Å². The van der Waals surface area contributed by atoms with Crippen LogP contribution in [0.15, 0.2) is 59.8 Å². The molecule has 0 aliphatic rings. The number of hydrogen-bond donors (Lipinski definition) is 1. The van der Waals surface area contributed by atoms with Gasteiger partial charge in [0, 0.05) is 6.21 Å². The lowest BCUT2D eigenvalue weighted by Crippen LogP contribution is -1.93. The second-order valence-electron chi connectivity index (χ2n) is 4.38. The normalized spacial score (nSPS) is 14.4. The maximum Gasteiger partial charge on any atom is 0.0253 e. The molecule has 0 atom stereocenters. The van der Waals surface area contributed by atoms with E-state index in [4.69, 9.17) is 5.41 Å². The summed E-state index contributed by atoms with van der Waals surface area (Å²) in [6, 6.07) is 0. The predicted octanol–water partition coefficient (Wildman–Crippen LogP) is 4.85. The Morgan fingerprint density at radius 1 is 1.00 bits per heavy atom. The Labute approximate surface area is 105 Å². The highest BCUT2D eigenvalue weighted by atomic mass is 14.3. The van der Waals surface area contributed by atoms with Crippen molar-refractivity contribution in [3.63, 3.8) is 0 Å². The van der Waals surface area contributed by atoms with Crippen LogP contribution in [0, 0.1) is 11.3 Å². The van der Waals surface area contributed by atoms with Gasteiger partial charge in [-0.25, -0.2) is 0 Å².